The van der Waals surface area contributed by atoms with Crippen molar-refractivity contribution in [1.29, 1.82) is 0 Å². The second-order valence-corrected chi connectivity index (χ2v) is 6.24. The van der Waals surface area contributed by atoms with Crippen molar-refractivity contribution in [1.82, 2.24) is 10.2 Å². The van der Waals surface area contributed by atoms with Crippen LogP contribution in [-0.4, -0.2) is 39.1 Å². The Kier molecular flexibility index (Phi) is 5.41. The van der Waals surface area contributed by atoms with Crippen molar-refractivity contribution in [2.24, 2.45) is 5.14 Å². The summed E-state index contributed by atoms with van der Waals surface area (Å²) in [5.41, 5.74) is 0.553. The van der Waals surface area contributed by atoms with Crippen LogP contribution in [-0.2, 0) is 10.0 Å². The third-order valence-corrected chi connectivity index (χ3v) is 3.96. The summed E-state index contributed by atoms with van der Waals surface area (Å²) in [5, 5.41) is 6.72. The van der Waals surface area contributed by atoms with Crippen molar-refractivity contribution in [3.8, 4) is 0 Å². The fourth-order valence-electron chi connectivity index (χ4n) is 1.64. The van der Waals surface area contributed by atoms with Gasteiger partial charge in [-0.2, -0.15) is 13.2 Å². The van der Waals surface area contributed by atoms with E-state index in [0.29, 0.717) is 5.56 Å². The van der Waals surface area contributed by atoms with Crippen LogP contribution >= 0.6 is 0 Å². The molecule has 0 saturated heterocycles. The molecule has 0 aliphatic heterocycles. The molecule has 0 aliphatic rings. The molecule has 6 nitrogen and oxygen atoms in total. The van der Waals surface area contributed by atoms with E-state index in [1.54, 1.807) is 12.2 Å². The average molecular weight is 339 g/mol. The number of hydrogen-bond donors (Lipinski definition) is 2. The van der Waals surface area contributed by atoms with E-state index in [0.717, 1.165) is 4.90 Å². The molecule has 0 heterocycles. The third kappa shape index (κ3) is 5.19. The van der Waals surface area contributed by atoms with Gasteiger partial charge in [-0.05, 0) is 24.6 Å². The first-order valence-electron chi connectivity index (χ1n) is 6.12. The van der Waals surface area contributed by atoms with Crippen molar-refractivity contribution in [2.75, 3.05) is 13.6 Å². The van der Waals surface area contributed by atoms with Gasteiger partial charge in [0.1, 0.15) is 6.54 Å². The fourth-order valence-corrected chi connectivity index (χ4v) is 2.15. The standard InChI is InChI=1S/C12H16F3N3O3S/c1-8(18(2)11(19)17-7-12(13,14)15)9-3-5-10(6-4-9)22(16,20)21/h3-6,8H,7H2,1-2H3,(H,17,19)(H2,16,20,21)/t8-/m0/s1. The lowest BCUT2D eigenvalue weighted by molar-refractivity contribution is -0.123. The number of urea groups is 1. The molecule has 1 aromatic rings. The summed E-state index contributed by atoms with van der Waals surface area (Å²) in [6, 6.07) is 3.98. The molecular weight excluding hydrogens is 323 g/mol. The molecule has 2 amide bonds. The first-order chi connectivity index (χ1) is 9.92. The van der Waals surface area contributed by atoms with Crippen LogP contribution in [0.25, 0.3) is 0 Å². The van der Waals surface area contributed by atoms with Crippen molar-refractivity contribution >= 4 is 16.1 Å². The van der Waals surface area contributed by atoms with Gasteiger partial charge in [0, 0.05) is 7.05 Å². The number of rotatable bonds is 4. The number of sulfonamides is 1. The minimum absolute atomic E-state index is 0.0902. The van der Waals surface area contributed by atoms with Gasteiger partial charge in [-0.25, -0.2) is 18.4 Å². The second kappa shape index (κ2) is 6.53. The van der Waals surface area contributed by atoms with E-state index in [4.69, 9.17) is 5.14 Å². The minimum atomic E-state index is -4.49. The van der Waals surface area contributed by atoms with E-state index < -0.39 is 34.8 Å². The third-order valence-electron chi connectivity index (χ3n) is 3.03. The highest BCUT2D eigenvalue weighted by Gasteiger charge is 2.29. The van der Waals surface area contributed by atoms with E-state index in [9.17, 15) is 26.4 Å². The number of nitrogens with two attached hydrogens (primary N) is 1. The fraction of sp³-hybridized carbons (Fsp3) is 0.417. The Hall–Kier alpha value is -1.81. The molecule has 0 spiro atoms. The quantitative estimate of drug-likeness (QED) is 0.873. The molecule has 10 heteroatoms. The van der Waals surface area contributed by atoms with Crippen molar-refractivity contribution in [3.63, 3.8) is 0 Å². The largest absolute Gasteiger partial charge is 0.405 e. The summed E-state index contributed by atoms with van der Waals surface area (Å²) in [6.45, 7) is 0.173. The molecular formula is C12H16F3N3O3S. The van der Waals surface area contributed by atoms with Crippen LogP contribution in [0.2, 0.25) is 0 Å². The van der Waals surface area contributed by atoms with Crippen LogP contribution in [0.4, 0.5) is 18.0 Å². The van der Waals surface area contributed by atoms with Gasteiger partial charge in [-0.3, -0.25) is 0 Å². The Morgan fingerprint density at radius 2 is 1.82 bits per heavy atom. The average Bonchev–Trinajstić information content (AvgIpc) is 2.41. The Labute approximate surface area is 126 Å². The SMILES string of the molecule is C[C@@H](c1ccc(S(N)(=O)=O)cc1)N(C)C(=O)NCC(F)(F)F. The Balaban J connectivity index is 2.78. The number of nitrogens with one attached hydrogen (secondary N) is 1. The number of amides is 2. The van der Waals surface area contributed by atoms with Crippen molar-refractivity contribution < 1.29 is 26.4 Å². The molecule has 124 valence electrons. The molecule has 0 aliphatic carbocycles. The molecule has 1 rings (SSSR count). The lowest BCUT2D eigenvalue weighted by Crippen LogP contribution is -2.42. The van der Waals surface area contributed by atoms with Gasteiger partial charge in [0.2, 0.25) is 10.0 Å². The minimum Gasteiger partial charge on any atom is -0.329 e. The first-order valence-corrected chi connectivity index (χ1v) is 7.66. The van der Waals surface area contributed by atoms with Crippen LogP contribution in [0.5, 0.6) is 0 Å². The van der Waals surface area contributed by atoms with E-state index in [2.05, 4.69) is 0 Å². The molecule has 1 atom stereocenters. The maximum absolute atomic E-state index is 12.1. The highest BCUT2D eigenvalue weighted by molar-refractivity contribution is 7.89. The summed E-state index contributed by atoms with van der Waals surface area (Å²) in [5.74, 6) is 0. The molecule has 3 N–H and O–H groups in total. The predicted molar refractivity (Wildman–Crippen MR) is 73.4 cm³/mol. The van der Waals surface area contributed by atoms with Gasteiger partial charge in [0.25, 0.3) is 0 Å². The van der Waals surface area contributed by atoms with Crippen LogP contribution < -0.4 is 10.5 Å². The zero-order valence-corrected chi connectivity index (χ0v) is 12.7. The topological polar surface area (TPSA) is 92.5 Å². The maximum Gasteiger partial charge on any atom is 0.405 e. The molecule has 1 aromatic carbocycles. The zero-order valence-electron chi connectivity index (χ0n) is 11.9. The monoisotopic (exact) mass is 339 g/mol. The Morgan fingerprint density at radius 3 is 2.23 bits per heavy atom. The Morgan fingerprint density at radius 1 is 1.32 bits per heavy atom. The summed E-state index contributed by atoms with van der Waals surface area (Å²) in [6.07, 6.45) is -4.49. The number of hydrogen-bond acceptors (Lipinski definition) is 3. The summed E-state index contributed by atoms with van der Waals surface area (Å²) in [4.78, 5) is 12.6. The van der Waals surface area contributed by atoms with E-state index in [-0.39, 0.29) is 4.90 Å². The number of carbonyl (C=O) groups excluding carboxylic acids is 1. The number of nitrogens with zero attached hydrogens (tertiary/aromatic N) is 1. The lowest BCUT2D eigenvalue weighted by Gasteiger charge is -2.26. The van der Waals surface area contributed by atoms with Gasteiger partial charge < -0.3 is 10.2 Å². The second-order valence-electron chi connectivity index (χ2n) is 4.67. The highest BCUT2D eigenvalue weighted by Crippen LogP contribution is 2.21. The summed E-state index contributed by atoms with van der Waals surface area (Å²) >= 11 is 0. The normalized spacial score (nSPS) is 13.5. The number of halogens is 3. The van der Waals surface area contributed by atoms with Crippen molar-refractivity contribution in [2.45, 2.75) is 24.0 Å². The van der Waals surface area contributed by atoms with Gasteiger partial charge in [-0.1, -0.05) is 12.1 Å². The predicted octanol–water partition coefficient (Wildman–Crippen LogP) is 1.60. The molecule has 0 saturated carbocycles. The molecule has 0 bridgehead atoms. The van der Waals surface area contributed by atoms with Gasteiger partial charge in [-0.15, -0.1) is 0 Å². The van der Waals surface area contributed by atoms with Gasteiger partial charge >= 0.3 is 12.2 Å². The molecule has 0 aromatic heterocycles. The number of benzene rings is 1. The Bertz CT molecular complexity index is 629. The lowest BCUT2D eigenvalue weighted by atomic mass is 10.1. The number of primary sulfonamides is 1. The van der Waals surface area contributed by atoms with E-state index in [1.165, 1.54) is 31.3 Å². The summed E-state index contributed by atoms with van der Waals surface area (Å²) in [7, 11) is -2.49. The van der Waals surface area contributed by atoms with Crippen LogP contribution in [0.15, 0.2) is 29.2 Å². The van der Waals surface area contributed by atoms with E-state index in [1.807, 2.05) is 0 Å². The van der Waals surface area contributed by atoms with Crippen LogP contribution in [0.3, 0.4) is 0 Å². The van der Waals surface area contributed by atoms with E-state index >= 15 is 0 Å². The molecule has 0 fully saturated rings. The van der Waals surface area contributed by atoms with Gasteiger partial charge in [0.15, 0.2) is 0 Å². The van der Waals surface area contributed by atoms with Crippen LogP contribution in [0.1, 0.15) is 18.5 Å². The number of carbonyl (C=O) groups is 1. The van der Waals surface area contributed by atoms with Crippen molar-refractivity contribution in [3.05, 3.63) is 29.8 Å². The van der Waals surface area contributed by atoms with Gasteiger partial charge in [0.05, 0.1) is 10.9 Å². The zero-order chi connectivity index (χ0) is 17.1. The molecule has 22 heavy (non-hydrogen) atoms. The number of alkyl halides is 3. The highest BCUT2D eigenvalue weighted by atomic mass is 32.2. The maximum atomic E-state index is 12.1. The summed E-state index contributed by atoms with van der Waals surface area (Å²) < 4.78 is 58.4. The molecule has 0 unspecified atom stereocenters. The smallest absolute Gasteiger partial charge is 0.329 e. The first kappa shape index (κ1) is 18.2. The van der Waals surface area contributed by atoms with Crippen LogP contribution in [0, 0.1) is 0 Å². The molecule has 0 radical (unpaired) electrons.